The van der Waals surface area contributed by atoms with Crippen molar-refractivity contribution in [3.05, 3.63) is 58.3 Å². The van der Waals surface area contributed by atoms with Crippen LogP contribution in [0.3, 0.4) is 0 Å². The number of furan rings is 1. The van der Waals surface area contributed by atoms with Crippen LogP contribution in [0.25, 0.3) is 10.6 Å². The van der Waals surface area contributed by atoms with Crippen LogP contribution in [-0.2, 0) is 16.6 Å². The maximum absolute atomic E-state index is 12.7. The first-order valence-corrected chi connectivity index (χ1v) is 11.9. The van der Waals surface area contributed by atoms with Crippen LogP contribution < -0.4 is 5.73 Å². The number of amides is 1. The molecule has 1 fully saturated rings. The summed E-state index contributed by atoms with van der Waals surface area (Å²) in [6.07, 6.45) is 0. The van der Waals surface area contributed by atoms with Crippen LogP contribution in [0.2, 0.25) is 5.02 Å². The number of benzene rings is 1. The van der Waals surface area contributed by atoms with Crippen LogP contribution in [0.15, 0.2) is 51.3 Å². The molecule has 1 aliphatic heterocycles. The number of primary amides is 1. The number of hydrogen-bond donors (Lipinski definition) is 1. The molecular weight excluding hydrogens is 448 g/mol. The Hall–Kier alpha value is -2.24. The Morgan fingerprint density at radius 1 is 1.13 bits per heavy atom. The molecule has 0 aliphatic carbocycles. The molecule has 8 nitrogen and oxygen atoms in total. The van der Waals surface area contributed by atoms with E-state index in [-0.39, 0.29) is 10.9 Å². The van der Waals surface area contributed by atoms with E-state index in [4.69, 9.17) is 21.8 Å². The molecule has 0 bridgehead atoms. The lowest BCUT2D eigenvalue weighted by Gasteiger charge is -2.32. The minimum atomic E-state index is -3.80. The van der Waals surface area contributed by atoms with E-state index in [9.17, 15) is 13.2 Å². The summed E-state index contributed by atoms with van der Waals surface area (Å²) in [5, 5.41) is 3.35. The summed E-state index contributed by atoms with van der Waals surface area (Å²) >= 11 is 7.50. The van der Waals surface area contributed by atoms with Gasteiger partial charge in [-0.2, -0.15) is 4.31 Å². The van der Waals surface area contributed by atoms with E-state index in [1.165, 1.54) is 16.4 Å². The Morgan fingerprint density at radius 2 is 1.83 bits per heavy atom. The molecule has 1 aliphatic rings. The van der Waals surface area contributed by atoms with Gasteiger partial charge in [0, 0.05) is 48.7 Å². The van der Waals surface area contributed by atoms with Crippen molar-refractivity contribution < 1.29 is 17.6 Å². The molecule has 0 spiro atoms. The van der Waals surface area contributed by atoms with Gasteiger partial charge in [-0.25, -0.2) is 13.4 Å². The second-order valence-electron chi connectivity index (χ2n) is 6.81. The normalized spacial score (nSPS) is 16.0. The van der Waals surface area contributed by atoms with E-state index in [0.29, 0.717) is 37.7 Å². The molecule has 30 heavy (non-hydrogen) atoms. The summed E-state index contributed by atoms with van der Waals surface area (Å²) in [6.45, 7) is 2.42. The van der Waals surface area contributed by atoms with E-state index in [1.807, 2.05) is 29.6 Å². The zero-order chi connectivity index (χ0) is 21.3. The average molecular weight is 467 g/mol. The summed E-state index contributed by atoms with van der Waals surface area (Å²) in [6, 6.07) is 10.1. The number of halogens is 1. The molecule has 0 unspecified atom stereocenters. The van der Waals surface area contributed by atoms with Crippen LogP contribution >= 0.6 is 22.9 Å². The molecule has 11 heteroatoms. The number of piperazine rings is 1. The number of carbonyl (C=O) groups is 1. The van der Waals surface area contributed by atoms with Gasteiger partial charge in [0.15, 0.2) is 5.76 Å². The molecule has 158 valence electrons. The van der Waals surface area contributed by atoms with Crippen molar-refractivity contribution in [2.24, 2.45) is 5.73 Å². The Balaban J connectivity index is 1.36. The summed E-state index contributed by atoms with van der Waals surface area (Å²) in [4.78, 5) is 18.0. The molecule has 2 N–H and O–H groups in total. The first-order chi connectivity index (χ1) is 14.3. The van der Waals surface area contributed by atoms with Gasteiger partial charge in [0.2, 0.25) is 5.09 Å². The predicted octanol–water partition coefficient (Wildman–Crippen LogP) is 2.66. The molecule has 1 aromatic carbocycles. The lowest BCUT2D eigenvalue weighted by molar-refractivity contribution is 0.0968. The van der Waals surface area contributed by atoms with Gasteiger partial charge in [-0.1, -0.05) is 23.7 Å². The third-order valence-electron chi connectivity index (χ3n) is 4.78. The number of carbonyl (C=O) groups excluding carboxylic acids is 1. The zero-order valence-corrected chi connectivity index (χ0v) is 18.2. The van der Waals surface area contributed by atoms with Gasteiger partial charge in [-0.05, 0) is 24.3 Å². The van der Waals surface area contributed by atoms with Gasteiger partial charge < -0.3 is 10.2 Å². The minimum absolute atomic E-state index is 0.174. The summed E-state index contributed by atoms with van der Waals surface area (Å²) in [5.41, 5.74) is 7.08. The quantitative estimate of drug-likeness (QED) is 0.598. The van der Waals surface area contributed by atoms with Gasteiger partial charge >= 0.3 is 0 Å². The Labute approximate surface area is 182 Å². The van der Waals surface area contributed by atoms with Crippen molar-refractivity contribution in [3.63, 3.8) is 0 Å². The fourth-order valence-electron chi connectivity index (χ4n) is 3.18. The van der Waals surface area contributed by atoms with E-state index < -0.39 is 15.9 Å². The van der Waals surface area contributed by atoms with Gasteiger partial charge in [0.1, 0.15) is 5.01 Å². The molecular formula is C19H19ClN4O4S2. The van der Waals surface area contributed by atoms with E-state index >= 15 is 0 Å². The second kappa shape index (κ2) is 8.48. The van der Waals surface area contributed by atoms with Gasteiger partial charge in [-0.3, -0.25) is 9.69 Å². The lowest BCUT2D eigenvalue weighted by atomic mass is 10.2. The van der Waals surface area contributed by atoms with E-state index in [1.54, 1.807) is 11.3 Å². The third kappa shape index (κ3) is 4.42. The topological polar surface area (TPSA) is 110 Å². The number of aromatic nitrogens is 1. The minimum Gasteiger partial charge on any atom is -0.438 e. The molecule has 0 saturated carbocycles. The fourth-order valence-corrected chi connectivity index (χ4v) is 5.46. The summed E-state index contributed by atoms with van der Waals surface area (Å²) in [5.74, 6) is -0.977. The zero-order valence-electron chi connectivity index (χ0n) is 15.8. The fraction of sp³-hybridized carbons (Fsp3) is 0.263. The molecule has 0 radical (unpaired) electrons. The Bertz CT molecular complexity index is 1150. The average Bonchev–Trinajstić information content (AvgIpc) is 3.39. The number of nitrogens with two attached hydrogens (primary N) is 1. The van der Waals surface area contributed by atoms with Crippen LogP contribution in [0, 0.1) is 0 Å². The SMILES string of the molecule is NC(=O)c1ccc(S(=O)(=O)N2CCN(Cc3csc(-c4ccc(Cl)cc4)n3)CC2)o1. The number of hydrogen-bond acceptors (Lipinski definition) is 7. The van der Waals surface area contributed by atoms with Crippen LogP contribution in [0.1, 0.15) is 16.2 Å². The highest BCUT2D eigenvalue weighted by Crippen LogP contribution is 2.26. The molecule has 3 aromatic rings. The summed E-state index contributed by atoms with van der Waals surface area (Å²) in [7, 11) is -3.80. The van der Waals surface area contributed by atoms with Gasteiger partial charge in [0.05, 0.1) is 5.69 Å². The standard InChI is InChI=1S/C19H19ClN4O4S2/c20-14-3-1-13(2-4-14)19-22-15(12-29-19)11-23-7-9-24(10-8-23)30(26,27)17-6-5-16(28-17)18(21)25/h1-6,12H,7-11H2,(H2,21,25). The van der Waals surface area contributed by atoms with Crippen molar-refractivity contribution in [3.8, 4) is 10.6 Å². The van der Waals surface area contributed by atoms with Crippen molar-refractivity contribution >= 4 is 38.9 Å². The highest BCUT2D eigenvalue weighted by atomic mass is 35.5. The van der Waals surface area contributed by atoms with Crippen molar-refractivity contribution in [1.82, 2.24) is 14.2 Å². The number of sulfonamides is 1. The maximum atomic E-state index is 12.7. The second-order valence-corrected chi connectivity index (χ2v) is 9.98. The smallest absolute Gasteiger partial charge is 0.284 e. The number of rotatable bonds is 6. The first kappa shape index (κ1) is 21.0. The molecule has 4 rings (SSSR count). The van der Waals surface area contributed by atoms with Crippen LogP contribution in [-0.4, -0.2) is 54.7 Å². The molecule has 2 aromatic heterocycles. The monoisotopic (exact) mass is 466 g/mol. The van der Waals surface area contributed by atoms with E-state index in [0.717, 1.165) is 16.3 Å². The lowest BCUT2D eigenvalue weighted by Crippen LogP contribution is -2.48. The van der Waals surface area contributed by atoms with E-state index in [2.05, 4.69) is 9.88 Å². The Morgan fingerprint density at radius 3 is 2.47 bits per heavy atom. The number of nitrogens with zero attached hydrogens (tertiary/aromatic N) is 3. The summed E-state index contributed by atoms with van der Waals surface area (Å²) < 4.78 is 31.9. The first-order valence-electron chi connectivity index (χ1n) is 9.15. The van der Waals surface area contributed by atoms with Crippen molar-refractivity contribution in [1.29, 1.82) is 0 Å². The van der Waals surface area contributed by atoms with Crippen LogP contribution in [0.4, 0.5) is 0 Å². The maximum Gasteiger partial charge on any atom is 0.284 e. The van der Waals surface area contributed by atoms with Gasteiger partial charge in [0.25, 0.3) is 15.9 Å². The van der Waals surface area contributed by atoms with Gasteiger partial charge in [-0.15, -0.1) is 11.3 Å². The number of thiazole rings is 1. The third-order valence-corrected chi connectivity index (χ3v) is 7.74. The van der Waals surface area contributed by atoms with Crippen molar-refractivity contribution in [2.45, 2.75) is 11.6 Å². The highest BCUT2D eigenvalue weighted by Gasteiger charge is 2.31. The molecule has 1 saturated heterocycles. The highest BCUT2D eigenvalue weighted by molar-refractivity contribution is 7.89. The molecule has 1 amide bonds. The molecule has 0 atom stereocenters. The predicted molar refractivity (Wildman–Crippen MR) is 114 cm³/mol. The largest absolute Gasteiger partial charge is 0.438 e. The van der Waals surface area contributed by atoms with Crippen LogP contribution in [0.5, 0.6) is 0 Å². The molecule has 3 heterocycles. The van der Waals surface area contributed by atoms with Crippen molar-refractivity contribution in [2.75, 3.05) is 26.2 Å². The Kier molecular flexibility index (Phi) is 5.94.